The lowest BCUT2D eigenvalue weighted by atomic mass is 10.0. The Morgan fingerprint density at radius 3 is 2.16 bits per heavy atom. The summed E-state index contributed by atoms with van der Waals surface area (Å²) in [6, 6.07) is 25.5. The molecule has 43 heavy (non-hydrogen) atoms. The van der Waals surface area contributed by atoms with Gasteiger partial charge in [0, 0.05) is 51.2 Å². The number of aryl methyl sites for hydroxylation is 1. The first-order valence-electron chi connectivity index (χ1n) is 14.8. The van der Waals surface area contributed by atoms with Gasteiger partial charge in [0.2, 0.25) is 0 Å². The minimum Gasteiger partial charge on any atom is -0.489 e. The van der Waals surface area contributed by atoms with Gasteiger partial charge in [0.1, 0.15) is 12.4 Å². The molecule has 0 radical (unpaired) electrons. The van der Waals surface area contributed by atoms with Crippen molar-refractivity contribution in [3.8, 4) is 5.75 Å². The fourth-order valence-electron chi connectivity index (χ4n) is 5.68. The summed E-state index contributed by atoms with van der Waals surface area (Å²) in [7, 11) is 0. The van der Waals surface area contributed by atoms with E-state index < -0.39 is 0 Å². The molecule has 2 aliphatic heterocycles. The number of nitrogens with zero attached hydrogens (tertiary/aromatic N) is 4. The number of carbonyl (C=O) groups is 2. The highest BCUT2D eigenvalue weighted by atomic mass is 16.5. The molecule has 3 aromatic carbocycles. The van der Waals surface area contributed by atoms with E-state index in [1.54, 1.807) is 41.2 Å². The molecule has 0 unspecified atom stereocenters. The standard InChI is InChI=1S/C34H35N5O4/c40-32-29-9-4-5-10-30(29)33(41)39(32)19-6-18-38-22-17-35-31(34(38)42)36-27-15-20-37(21-16-27)23-25-11-13-28(14-12-25)43-24-26-7-2-1-3-8-26/h1-5,7-14,17,22,27H,6,15-16,18-21,23-24H2,(H,35,36). The van der Waals surface area contributed by atoms with Gasteiger partial charge in [-0.1, -0.05) is 54.6 Å². The molecule has 1 saturated heterocycles. The van der Waals surface area contributed by atoms with Crippen LogP contribution in [-0.4, -0.2) is 56.8 Å². The Balaban J connectivity index is 0.952. The molecule has 6 rings (SSSR count). The average molecular weight is 578 g/mol. The van der Waals surface area contributed by atoms with Gasteiger partial charge in [0.05, 0.1) is 11.1 Å². The molecule has 1 N–H and O–H groups in total. The Kier molecular flexibility index (Phi) is 8.60. The number of carbonyl (C=O) groups excluding carboxylic acids is 2. The van der Waals surface area contributed by atoms with Crippen LogP contribution in [0.15, 0.2) is 96.1 Å². The Morgan fingerprint density at radius 1 is 0.791 bits per heavy atom. The first kappa shape index (κ1) is 28.4. The highest BCUT2D eigenvalue weighted by Gasteiger charge is 2.34. The largest absolute Gasteiger partial charge is 0.489 e. The minimum absolute atomic E-state index is 0.166. The van der Waals surface area contributed by atoms with Gasteiger partial charge in [-0.05, 0) is 54.7 Å². The maximum absolute atomic E-state index is 13.1. The van der Waals surface area contributed by atoms with Gasteiger partial charge in [-0.3, -0.25) is 24.2 Å². The van der Waals surface area contributed by atoms with Crippen molar-refractivity contribution in [2.45, 2.75) is 45.0 Å². The van der Waals surface area contributed by atoms with Crippen molar-refractivity contribution in [1.29, 1.82) is 0 Å². The number of anilines is 1. The van der Waals surface area contributed by atoms with Gasteiger partial charge in [-0.2, -0.15) is 0 Å². The monoisotopic (exact) mass is 577 g/mol. The number of hydrogen-bond donors (Lipinski definition) is 1. The van der Waals surface area contributed by atoms with Crippen LogP contribution >= 0.6 is 0 Å². The van der Waals surface area contributed by atoms with Crippen LogP contribution in [0, 0.1) is 0 Å². The van der Waals surface area contributed by atoms with Crippen LogP contribution in [0.3, 0.4) is 0 Å². The summed E-state index contributed by atoms with van der Waals surface area (Å²) in [5, 5.41) is 3.36. The molecule has 220 valence electrons. The number of nitrogens with one attached hydrogen (secondary N) is 1. The number of hydrogen-bond acceptors (Lipinski definition) is 7. The molecular formula is C34H35N5O4. The number of imide groups is 1. The SMILES string of the molecule is O=C1c2ccccc2C(=O)N1CCCn1ccnc(NC2CCN(Cc3ccc(OCc4ccccc4)cc3)CC2)c1=O. The number of fused-ring (bicyclic) bond motifs is 1. The van der Waals surface area contributed by atoms with Crippen LogP contribution in [0.25, 0.3) is 0 Å². The van der Waals surface area contributed by atoms with E-state index >= 15 is 0 Å². The second-order valence-corrected chi connectivity index (χ2v) is 11.0. The van der Waals surface area contributed by atoms with Gasteiger partial charge < -0.3 is 14.6 Å². The predicted octanol–water partition coefficient (Wildman–Crippen LogP) is 4.59. The number of benzene rings is 3. The summed E-state index contributed by atoms with van der Waals surface area (Å²) in [5.74, 6) is 0.648. The van der Waals surface area contributed by atoms with E-state index in [0.717, 1.165) is 43.8 Å². The zero-order chi connectivity index (χ0) is 29.6. The summed E-state index contributed by atoms with van der Waals surface area (Å²) in [6.45, 7) is 3.91. The number of rotatable bonds is 11. The second-order valence-electron chi connectivity index (χ2n) is 11.0. The molecule has 0 spiro atoms. The number of aromatic nitrogens is 2. The average Bonchev–Trinajstić information content (AvgIpc) is 3.29. The molecule has 0 bridgehead atoms. The predicted molar refractivity (Wildman–Crippen MR) is 164 cm³/mol. The molecule has 4 aromatic rings. The highest BCUT2D eigenvalue weighted by Crippen LogP contribution is 2.23. The van der Waals surface area contributed by atoms with Crippen LogP contribution in [-0.2, 0) is 19.7 Å². The number of likely N-dealkylation sites (tertiary alicyclic amines) is 1. The molecule has 1 fully saturated rings. The number of ether oxygens (including phenoxy) is 1. The lowest BCUT2D eigenvalue weighted by Gasteiger charge is -2.32. The third-order valence-electron chi connectivity index (χ3n) is 8.08. The molecule has 9 nitrogen and oxygen atoms in total. The number of piperidine rings is 1. The molecule has 3 heterocycles. The van der Waals surface area contributed by atoms with Crippen molar-refractivity contribution in [1.82, 2.24) is 19.4 Å². The Bertz CT molecular complexity index is 1590. The Labute approximate surface area is 250 Å². The van der Waals surface area contributed by atoms with Crippen LogP contribution < -0.4 is 15.6 Å². The quantitative estimate of drug-likeness (QED) is 0.261. The van der Waals surface area contributed by atoms with E-state index in [9.17, 15) is 14.4 Å². The zero-order valence-corrected chi connectivity index (χ0v) is 24.0. The van der Waals surface area contributed by atoms with E-state index in [4.69, 9.17) is 4.74 Å². The Hall–Kier alpha value is -4.76. The third kappa shape index (κ3) is 6.67. The normalized spacial score (nSPS) is 15.5. The molecular weight excluding hydrogens is 542 g/mol. The van der Waals surface area contributed by atoms with Crippen molar-refractivity contribution in [3.63, 3.8) is 0 Å². The second kappa shape index (κ2) is 13.0. The van der Waals surface area contributed by atoms with Crippen LogP contribution in [0.1, 0.15) is 51.1 Å². The van der Waals surface area contributed by atoms with Crippen molar-refractivity contribution in [2.24, 2.45) is 0 Å². The summed E-state index contributed by atoms with van der Waals surface area (Å²) in [5.41, 5.74) is 3.07. The molecule has 0 aliphatic carbocycles. The molecule has 1 aromatic heterocycles. The molecule has 2 aliphatic rings. The lowest BCUT2D eigenvalue weighted by Crippen LogP contribution is -2.40. The van der Waals surface area contributed by atoms with Gasteiger partial charge in [0.25, 0.3) is 17.4 Å². The van der Waals surface area contributed by atoms with Crippen molar-refractivity contribution < 1.29 is 14.3 Å². The van der Waals surface area contributed by atoms with Gasteiger partial charge in [0.15, 0.2) is 5.82 Å². The smallest absolute Gasteiger partial charge is 0.293 e. The first-order valence-corrected chi connectivity index (χ1v) is 14.8. The topological polar surface area (TPSA) is 96.8 Å². The van der Waals surface area contributed by atoms with Crippen LogP contribution in [0.4, 0.5) is 5.82 Å². The van der Waals surface area contributed by atoms with Crippen LogP contribution in [0.5, 0.6) is 5.75 Å². The Morgan fingerprint density at radius 2 is 1.47 bits per heavy atom. The summed E-state index contributed by atoms with van der Waals surface area (Å²) in [4.78, 5) is 46.3. The zero-order valence-electron chi connectivity index (χ0n) is 24.0. The molecule has 0 atom stereocenters. The fraction of sp³-hybridized carbons (Fsp3) is 0.294. The summed E-state index contributed by atoms with van der Waals surface area (Å²) >= 11 is 0. The van der Waals surface area contributed by atoms with Gasteiger partial charge >= 0.3 is 0 Å². The van der Waals surface area contributed by atoms with Crippen molar-refractivity contribution >= 4 is 17.6 Å². The number of amides is 2. The summed E-state index contributed by atoms with van der Waals surface area (Å²) < 4.78 is 7.50. The van der Waals surface area contributed by atoms with E-state index in [1.807, 2.05) is 30.3 Å². The fourth-order valence-corrected chi connectivity index (χ4v) is 5.68. The summed E-state index contributed by atoms with van der Waals surface area (Å²) in [6.07, 6.45) is 5.57. The van der Waals surface area contributed by atoms with Crippen molar-refractivity contribution in [2.75, 3.05) is 25.0 Å². The maximum Gasteiger partial charge on any atom is 0.293 e. The molecule has 9 heteroatoms. The van der Waals surface area contributed by atoms with Crippen molar-refractivity contribution in [3.05, 3.63) is 124 Å². The lowest BCUT2D eigenvalue weighted by molar-refractivity contribution is 0.0650. The van der Waals surface area contributed by atoms with Crippen LogP contribution in [0.2, 0.25) is 0 Å². The van der Waals surface area contributed by atoms with E-state index in [1.165, 1.54) is 10.5 Å². The minimum atomic E-state index is -0.277. The molecule has 0 saturated carbocycles. The van der Waals surface area contributed by atoms with E-state index in [-0.39, 0.29) is 30.0 Å². The highest BCUT2D eigenvalue weighted by molar-refractivity contribution is 6.21. The first-order chi connectivity index (χ1) is 21.0. The third-order valence-corrected chi connectivity index (χ3v) is 8.08. The maximum atomic E-state index is 13.1. The van der Waals surface area contributed by atoms with Gasteiger partial charge in [-0.15, -0.1) is 0 Å². The van der Waals surface area contributed by atoms with E-state index in [2.05, 4.69) is 39.5 Å². The van der Waals surface area contributed by atoms with Gasteiger partial charge in [-0.25, -0.2) is 4.98 Å². The molecule has 2 amide bonds. The van der Waals surface area contributed by atoms with E-state index in [0.29, 0.717) is 36.5 Å².